The summed E-state index contributed by atoms with van der Waals surface area (Å²) in [5, 5.41) is 20.2. The van der Waals surface area contributed by atoms with Crippen LogP contribution in [-0.4, -0.2) is 16.0 Å². The molecule has 0 fully saturated rings. The zero-order valence-corrected chi connectivity index (χ0v) is 12.2. The van der Waals surface area contributed by atoms with Crippen LogP contribution in [0.2, 0.25) is 0 Å². The molecule has 0 amide bonds. The van der Waals surface area contributed by atoms with Crippen molar-refractivity contribution in [3.63, 3.8) is 0 Å². The standard InChI is InChI=1S/C16H15NO5/c1-10-7-12(8-11(2)15(10)18)9-22-16(19)13-3-5-14(6-4-13)17(20)21/h3-8,18H,9H2,1-2H3. The van der Waals surface area contributed by atoms with E-state index in [-0.39, 0.29) is 23.6 Å². The highest BCUT2D eigenvalue weighted by atomic mass is 16.6. The molecule has 0 aliphatic carbocycles. The van der Waals surface area contributed by atoms with E-state index in [2.05, 4.69) is 0 Å². The zero-order valence-electron chi connectivity index (χ0n) is 12.2. The SMILES string of the molecule is Cc1cc(COC(=O)c2ccc([N+](=O)[O-])cc2)cc(C)c1O. The van der Waals surface area contributed by atoms with Gasteiger partial charge >= 0.3 is 5.97 Å². The Morgan fingerprint density at radius 3 is 2.23 bits per heavy atom. The third kappa shape index (κ3) is 3.41. The van der Waals surface area contributed by atoms with E-state index in [1.807, 2.05) is 0 Å². The van der Waals surface area contributed by atoms with Crippen molar-refractivity contribution < 1.29 is 19.6 Å². The Kier molecular flexibility index (Phi) is 4.41. The summed E-state index contributed by atoms with van der Waals surface area (Å²) in [4.78, 5) is 21.9. The van der Waals surface area contributed by atoms with Crippen molar-refractivity contribution in [2.45, 2.75) is 20.5 Å². The van der Waals surface area contributed by atoms with Gasteiger partial charge in [0.25, 0.3) is 5.69 Å². The molecule has 2 aromatic carbocycles. The number of hydrogen-bond acceptors (Lipinski definition) is 5. The lowest BCUT2D eigenvalue weighted by Crippen LogP contribution is -2.05. The van der Waals surface area contributed by atoms with Crippen LogP contribution >= 0.6 is 0 Å². The molecule has 0 unspecified atom stereocenters. The van der Waals surface area contributed by atoms with Crippen molar-refractivity contribution in [1.29, 1.82) is 0 Å². The summed E-state index contributed by atoms with van der Waals surface area (Å²) in [6.07, 6.45) is 0. The molecule has 0 heterocycles. The highest BCUT2D eigenvalue weighted by Gasteiger charge is 2.11. The maximum Gasteiger partial charge on any atom is 0.338 e. The van der Waals surface area contributed by atoms with E-state index in [1.54, 1.807) is 26.0 Å². The van der Waals surface area contributed by atoms with E-state index in [0.717, 1.165) is 5.56 Å². The summed E-state index contributed by atoms with van der Waals surface area (Å²) >= 11 is 0. The van der Waals surface area contributed by atoms with Gasteiger partial charge in [-0.05, 0) is 54.8 Å². The van der Waals surface area contributed by atoms with E-state index >= 15 is 0 Å². The Bertz CT molecular complexity index is 699. The fourth-order valence-corrected chi connectivity index (χ4v) is 2.08. The van der Waals surface area contributed by atoms with Gasteiger partial charge in [-0.2, -0.15) is 0 Å². The average Bonchev–Trinajstić information content (AvgIpc) is 2.50. The van der Waals surface area contributed by atoms with Crippen molar-refractivity contribution >= 4 is 11.7 Å². The molecule has 1 N–H and O–H groups in total. The van der Waals surface area contributed by atoms with Gasteiger partial charge < -0.3 is 9.84 Å². The molecule has 6 heteroatoms. The predicted octanol–water partition coefficient (Wildman–Crippen LogP) is 3.27. The number of esters is 1. The van der Waals surface area contributed by atoms with Crippen LogP contribution in [0.15, 0.2) is 36.4 Å². The Morgan fingerprint density at radius 1 is 1.18 bits per heavy atom. The number of aromatic hydroxyl groups is 1. The van der Waals surface area contributed by atoms with Crippen LogP contribution < -0.4 is 0 Å². The molecule has 0 aliphatic rings. The highest BCUT2D eigenvalue weighted by molar-refractivity contribution is 5.89. The largest absolute Gasteiger partial charge is 0.507 e. The molecule has 0 aromatic heterocycles. The van der Waals surface area contributed by atoms with E-state index in [0.29, 0.717) is 11.1 Å². The van der Waals surface area contributed by atoms with Crippen LogP contribution in [0, 0.1) is 24.0 Å². The van der Waals surface area contributed by atoms with Gasteiger partial charge in [0, 0.05) is 12.1 Å². The number of ether oxygens (including phenoxy) is 1. The highest BCUT2D eigenvalue weighted by Crippen LogP contribution is 2.23. The van der Waals surface area contributed by atoms with Gasteiger partial charge in [0.05, 0.1) is 10.5 Å². The molecule has 0 saturated carbocycles. The van der Waals surface area contributed by atoms with Gasteiger partial charge in [-0.15, -0.1) is 0 Å². The predicted molar refractivity (Wildman–Crippen MR) is 79.8 cm³/mol. The molecule has 6 nitrogen and oxygen atoms in total. The Balaban J connectivity index is 2.05. The van der Waals surface area contributed by atoms with Crippen molar-refractivity contribution in [3.8, 4) is 5.75 Å². The second-order valence-electron chi connectivity index (χ2n) is 4.96. The van der Waals surface area contributed by atoms with E-state index < -0.39 is 10.9 Å². The molecule has 0 atom stereocenters. The molecule has 0 radical (unpaired) electrons. The number of aryl methyl sites for hydroxylation is 2. The van der Waals surface area contributed by atoms with E-state index in [1.165, 1.54) is 24.3 Å². The zero-order chi connectivity index (χ0) is 16.3. The topological polar surface area (TPSA) is 89.7 Å². The normalized spacial score (nSPS) is 10.3. The first-order valence-electron chi connectivity index (χ1n) is 6.59. The van der Waals surface area contributed by atoms with Crippen LogP contribution in [0.25, 0.3) is 0 Å². The summed E-state index contributed by atoms with van der Waals surface area (Å²) < 4.78 is 5.17. The van der Waals surface area contributed by atoms with E-state index in [9.17, 15) is 20.0 Å². The maximum atomic E-state index is 11.9. The van der Waals surface area contributed by atoms with Crippen molar-refractivity contribution in [2.75, 3.05) is 0 Å². The van der Waals surface area contributed by atoms with Gasteiger partial charge in [0.15, 0.2) is 0 Å². The first-order chi connectivity index (χ1) is 10.4. The lowest BCUT2D eigenvalue weighted by Gasteiger charge is -2.09. The number of nitro benzene ring substituents is 1. The monoisotopic (exact) mass is 301 g/mol. The Hall–Kier alpha value is -2.89. The van der Waals surface area contributed by atoms with Gasteiger partial charge in [-0.3, -0.25) is 10.1 Å². The molecular formula is C16H15NO5. The van der Waals surface area contributed by atoms with Gasteiger partial charge in [0.1, 0.15) is 12.4 Å². The lowest BCUT2D eigenvalue weighted by atomic mass is 10.1. The molecule has 0 bridgehead atoms. The molecule has 2 aromatic rings. The number of hydrogen-bond donors (Lipinski definition) is 1. The minimum absolute atomic E-state index is 0.0672. The lowest BCUT2D eigenvalue weighted by molar-refractivity contribution is -0.384. The second kappa shape index (κ2) is 6.26. The van der Waals surface area contributed by atoms with Crippen LogP contribution in [0.4, 0.5) is 5.69 Å². The number of phenols is 1. The first-order valence-corrected chi connectivity index (χ1v) is 6.59. The third-order valence-electron chi connectivity index (χ3n) is 3.23. The average molecular weight is 301 g/mol. The first kappa shape index (κ1) is 15.5. The van der Waals surface area contributed by atoms with Gasteiger partial charge in [-0.25, -0.2) is 4.79 Å². The Morgan fingerprint density at radius 2 is 1.73 bits per heavy atom. The van der Waals surface area contributed by atoms with E-state index in [4.69, 9.17) is 4.74 Å². The van der Waals surface area contributed by atoms with Crippen molar-refractivity contribution in [2.24, 2.45) is 0 Å². The number of nitro groups is 1. The fourth-order valence-electron chi connectivity index (χ4n) is 2.08. The summed E-state index contributed by atoms with van der Waals surface area (Å²) in [5.74, 6) is -0.330. The number of carbonyl (C=O) groups is 1. The smallest absolute Gasteiger partial charge is 0.338 e. The number of non-ortho nitro benzene ring substituents is 1. The molecule has 0 spiro atoms. The summed E-state index contributed by atoms with van der Waals surface area (Å²) in [6.45, 7) is 3.60. The van der Waals surface area contributed by atoms with Crippen LogP contribution in [0.1, 0.15) is 27.0 Å². The van der Waals surface area contributed by atoms with Crippen molar-refractivity contribution in [1.82, 2.24) is 0 Å². The molecule has 0 saturated heterocycles. The van der Waals surface area contributed by atoms with Crippen LogP contribution in [0.3, 0.4) is 0 Å². The quantitative estimate of drug-likeness (QED) is 0.531. The van der Waals surface area contributed by atoms with Crippen LogP contribution in [0.5, 0.6) is 5.75 Å². The molecule has 2 rings (SSSR count). The number of nitrogens with zero attached hydrogens (tertiary/aromatic N) is 1. The Labute approximate surface area is 127 Å². The molecule has 114 valence electrons. The summed E-state index contributed by atoms with van der Waals surface area (Å²) in [5.41, 5.74) is 2.35. The number of carbonyl (C=O) groups excluding carboxylic acids is 1. The van der Waals surface area contributed by atoms with Gasteiger partial charge in [0.2, 0.25) is 0 Å². The summed E-state index contributed by atoms with van der Waals surface area (Å²) in [7, 11) is 0. The third-order valence-corrected chi connectivity index (χ3v) is 3.23. The summed E-state index contributed by atoms with van der Waals surface area (Å²) in [6, 6.07) is 8.70. The maximum absolute atomic E-state index is 11.9. The minimum Gasteiger partial charge on any atom is -0.507 e. The van der Waals surface area contributed by atoms with Crippen molar-refractivity contribution in [3.05, 3.63) is 68.8 Å². The fraction of sp³-hybridized carbons (Fsp3) is 0.188. The second-order valence-corrected chi connectivity index (χ2v) is 4.96. The molecular weight excluding hydrogens is 286 g/mol. The molecule has 0 aliphatic heterocycles. The minimum atomic E-state index is -0.557. The number of phenolic OH excluding ortho intramolecular Hbond substituents is 1. The number of rotatable bonds is 4. The number of benzene rings is 2. The van der Waals surface area contributed by atoms with Gasteiger partial charge in [-0.1, -0.05) is 0 Å². The van der Waals surface area contributed by atoms with Crippen LogP contribution in [-0.2, 0) is 11.3 Å². The molecule has 22 heavy (non-hydrogen) atoms.